The van der Waals surface area contributed by atoms with E-state index in [9.17, 15) is 9.59 Å². The van der Waals surface area contributed by atoms with Crippen LogP contribution < -0.4 is 5.32 Å². The maximum Gasteiger partial charge on any atom is 0.251 e. The van der Waals surface area contributed by atoms with E-state index in [0.29, 0.717) is 32.5 Å². The highest BCUT2D eigenvalue weighted by Gasteiger charge is 2.47. The molecule has 2 aromatic rings. The summed E-state index contributed by atoms with van der Waals surface area (Å²) in [5.41, 5.74) is 2.79. The van der Waals surface area contributed by atoms with Gasteiger partial charge in [0.05, 0.1) is 5.41 Å². The Labute approximate surface area is 191 Å². The summed E-state index contributed by atoms with van der Waals surface area (Å²) in [7, 11) is 0. The molecule has 0 spiro atoms. The minimum absolute atomic E-state index is 0.0372. The molecule has 2 amide bonds. The quantitative estimate of drug-likeness (QED) is 0.741. The number of likely N-dealkylation sites (tertiary alicyclic amines) is 1. The maximum absolute atomic E-state index is 13.5. The highest BCUT2D eigenvalue weighted by atomic mass is 16.5. The first-order chi connectivity index (χ1) is 15.5. The van der Waals surface area contributed by atoms with Crippen LogP contribution in [0.5, 0.6) is 0 Å². The fourth-order valence-electron chi connectivity index (χ4n) is 4.96. The van der Waals surface area contributed by atoms with Gasteiger partial charge >= 0.3 is 0 Å². The van der Waals surface area contributed by atoms with E-state index in [2.05, 4.69) is 29.6 Å². The summed E-state index contributed by atoms with van der Waals surface area (Å²) in [6, 6.07) is 18.6. The summed E-state index contributed by atoms with van der Waals surface area (Å²) in [6.07, 6.45) is 3.72. The number of carbonyl (C=O) groups excluding carboxylic acids is 2. The van der Waals surface area contributed by atoms with Crippen LogP contribution in [-0.2, 0) is 20.7 Å². The van der Waals surface area contributed by atoms with E-state index in [0.717, 1.165) is 36.0 Å². The Morgan fingerprint density at radius 2 is 1.84 bits per heavy atom. The third-order valence-corrected chi connectivity index (χ3v) is 6.65. The number of amides is 2. The summed E-state index contributed by atoms with van der Waals surface area (Å²) >= 11 is 0. The molecule has 0 aliphatic carbocycles. The second kappa shape index (κ2) is 9.86. The zero-order valence-corrected chi connectivity index (χ0v) is 19.2. The van der Waals surface area contributed by atoms with Gasteiger partial charge in [-0.25, -0.2) is 0 Å². The largest absolute Gasteiger partial charge is 0.368 e. The Balaban J connectivity index is 1.61. The highest BCUT2D eigenvalue weighted by molar-refractivity contribution is 5.87. The lowest BCUT2D eigenvalue weighted by atomic mass is 9.78. The molecule has 1 N–H and O–H groups in total. The first-order valence-electron chi connectivity index (χ1n) is 11.8. The molecule has 4 rings (SSSR count). The van der Waals surface area contributed by atoms with Gasteiger partial charge in [-0.15, -0.1) is 0 Å². The van der Waals surface area contributed by atoms with Crippen molar-refractivity contribution in [3.05, 3.63) is 60.2 Å². The molecule has 5 heteroatoms. The fourth-order valence-corrected chi connectivity index (χ4v) is 4.96. The number of benzene rings is 2. The van der Waals surface area contributed by atoms with E-state index >= 15 is 0 Å². The normalized spacial score (nSPS) is 23.3. The zero-order valence-electron chi connectivity index (χ0n) is 19.2. The summed E-state index contributed by atoms with van der Waals surface area (Å²) in [5, 5.41) is 3.14. The lowest BCUT2D eigenvalue weighted by Crippen LogP contribution is -2.48. The molecule has 0 radical (unpaired) electrons. The van der Waals surface area contributed by atoms with Crippen molar-refractivity contribution in [2.24, 2.45) is 5.41 Å². The second-order valence-electron chi connectivity index (χ2n) is 9.47. The van der Waals surface area contributed by atoms with Gasteiger partial charge in [0.2, 0.25) is 5.91 Å². The van der Waals surface area contributed by atoms with Gasteiger partial charge in [-0.3, -0.25) is 9.59 Å². The first kappa shape index (κ1) is 22.5. The Hall–Kier alpha value is -2.66. The SMILES string of the molecule is CC(C)NC(=O)[C@@]1(Cc2ccccc2-c2ccccc2)CCN(C(=O)[C@@H]2CCCCO2)C1. The topological polar surface area (TPSA) is 58.6 Å². The van der Waals surface area contributed by atoms with Crippen molar-refractivity contribution in [1.82, 2.24) is 10.2 Å². The zero-order chi connectivity index (χ0) is 22.6. The van der Waals surface area contributed by atoms with Crippen LogP contribution in [0.3, 0.4) is 0 Å². The number of hydrogen-bond donors (Lipinski definition) is 1. The standard InChI is InChI=1S/C27H34N2O3/c1-20(2)28-26(31)27(15-16-29(19-27)25(30)24-14-8-9-17-32-24)18-22-12-6-7-13-23(22)21-10-4-3-5-11-21/h3-7,10-13,20,24H,8-9,14-19H2,1-2H3,(H,28,31)/t24-,27+/m0/s1. The second-order valence-corrected chi connectivity index (χ2v) is 9.47. The molecular formula is C27H34N2O3. The summed E-state index contributed by atoms with van der Waals surface area (Å²) < 4.78 is 5.75. The van der Waals surface area contributed by atoms with Gasteiger partial charge in [0.15, 0.2) is 0 Å². The van der Waals surface area contributed by atoms with Crippen molar-refractivity contribution in [2.75, 3.05) is 19.7 Å². The first-order valence-corrected chi connectivity index (χ1v) is 11.8. The number of ether oxygens (including phenoxy) is 1. The van der Waals surface area contributed by atoms with E-state index in [1.807, 2.05) is 49.1 Å². The molecule has 2 atom stereocenters. The summed E-state index contributed by atoms with van der Waals surface area (Å²) in [6.45, 7) is 5.65. The molecular weight excluding hydrogens is 400 g/mol. The van der Waals surface area contributed by atoms with Crippen molar-refractivity contribution >= 4 is 11.8 Å². The van der Waals surface area contributed by atoms with Crippen LogP contribution in [0, 0.1) is 5.41 Å². The molecule has 2 aliphatic heterocycles. The van der Waals surface area contributed by atoms with Crippen LogP contribution in [0.25, 0.3) is 11.1 Å². The minimum atomic E-state index is -0.639. The molecule has 5 nitrogen and oxygen atoms in total. The van der Waals surface area contributed by atoms with Crippen LogP contribution in [0.1, 0.15) is 45.1 Å². The average molecular weight is 435 g/mol. The minimum Gasteiger partial charge on any atom is -0.368 e. The molecule has 2 aromatic carbocycles. The Morgan fingerprint density at radius 1 is 1.09 bits per heavy atom. The van der Waals surface area contributed by atoms with Crippen LogP contribution in [0.4, 0.5) is 0 Å². The molecule has 0 aromatic heterocycles. The predicted molar refractivity (Wildman–Crippen MR) is 126 cm³/mol. The van der Waals surface area contributed by atoms with Gasteiger partial charge in [0, 0.05) is 25.7 Å². The molecule has 2 fully saturated rings. The number of nitrogens with one attached hydrogen (secondary N) is 1. The van der Waals surface area contributed by atoms with Gasteiger partial charge in [-0.05, 0) is 62.6 Å². The van der Waals surface area contributed by atoms with Crippen molar-refractivity contribution in [3.63, 3.8) is 0 Å². The molecule has 2 heterocycles. The van der Waals surface area contributed by atoms with Gasteiger partial charge in [0.1, 0.15) is 6.10 Å². The molecule has 0 saturated carbocycles. The number of carbonyl (C=O) groups is 2. The van der Waals surface area contributed by atoms with Gasteiger partial charge in [0.25, 0.3) is 5.91 Å². The Morgan fingerprint density at radius 3 is 2.56 bits per heavy atom. The van der Waals surface area contributed by atoms with Crippen molar-refractivity contribution < 1.29 is 14.3 Å². The predicted octanol–water partition coefficient (Wildman–Crippen LogP) is 4.21. The van der Waals surface area contributed by atoms with E-state index in [1.165, 1.54) is 0 Å². The maximum atomic E-state index is 13.5. The lowest BCUT2D eigenvalue weighted by molar-refractivity contribution is -0.146. The fraction of sp³-hybridized carbons (Fsp3) is 0.481. The number of hydrogen-bond acceptors (Lipinski definition) is 3. The molecule has 0 unspecified atom stereocenters. The lowest BCUT2D eigenvalue weighted by Gasteiger charge is -2.31. The molecule has 2 saturated heterocycles. The van der Waals surface area contributed by atoms with E-state index in [-0.39, 0.29) is 24.0 Å². The van der Waals surface area contributed by atoms with E-state index < -0.39 is 5.41 Å². The summed E-state index contributed by atoms with van der Waals surface area (Å²) in [5.74, 6) is 0.0792. The van der Waals surface area contributed by atoms with Crippen LogP contribution in [-0.4, -0.2) is 48.6 Å². The third-order valence-electron chi connectivity index (χ3n) is 6.65. The molecule has 170 valence electrons. The third kappa shape index (κ3) is 4.88. The van der Waals surface area contributed by atoms with Crippen LogP contribution in [0.2, 0.25) is 0 Å². The molecule has 2 aliphatic rings. The smallest absolute Gasteiger partial charge is 0.251 e. The van der Waals surface area contributed by atoms with E-state index in [4.69, 9.17) is 4.74 Å². The highest BCUT2D eigenvalue weighted by Crippen LogP contribution is 2.38. The van der Waals surface area contributed by atoms with Crippen LogP contribution in [0.15, 0.2) is 54.6 Å². The monoisotopic (exact) mass is 434 g/mol. The number of nitrogens with zero attached hydrogens (tertiary/aromatic N) is 1. The van der Waals surface area contributed by atoms with Gasteiger partial charge in [-0.1, -0.05) is 54.6 Å². The molecule has 32 heavy (non-hydrogen) atoms. The Bertz CT molecular complexity index is 937. The van der Waals surface area contributed by atoms with Crippen molar-refractivity contribution in [2.45, 2.75) is 58.1 Å². The van der Waals surface area contributed by atoms with Gasteiger partial charge < -0.3 is 15.0 Å². The Kier molecular flexibility index (Phi) is 6.95. The average Bonchev–Trinajstić information content (AvgIpc) is 3.25. The van der Waals surface area contributed by atoms with E-state index in [1.54, 1.807) is 0 Å². The van der Waals surface area contributed by atoms with Crippen molar-refractivity contribution in [1.29, 1.82) is 0 Å². The van der Waals surface area contributed by atoms with Crippen LogP contribution >= 0.6 is 0 Å². The summed E-state index contributed by atoms with van der Waals surface area (Å²) in [4.78, 5) is 28.5. The molecule has 0 bridgehead atoms. The number of rotatable bonds is 6. The van der Waals surface area contributed by atoms with Gasteiger partial charge in [-0.2, -0.15) is 0 Å². The van der Waals surface area contributed by atoms with Crippen molar-refractivity contribution in [3.8, 4) is 11.1 Å².